The minimum atomic E-state index is -4.19. The Bertz CT molecular complexity index is 2070. The number of carbonyl (C=O) groups is 2. The molecule has 0 bridgehead atoms. The molecule has 0 aliphatic heterocycles. The minimum Gasteiger partial charge on any atom is -0.368 e. The van der Waals surface area contributed by atoms with Crippen LogP contribution in [0.4, 0.5) is 11.6 Å². The lowest BCUT2D eigenvalue weighted by atomic mass is 10.0. The van der Waals surface area contributed by atoms with Gasteiger partial charge in [-0.05, 0) is 84.4 Å². The number of hydrogen-bond donors (Lipinski definition) is 3. The molecule has 0 saturated heterocycles. The molecule has 0 unspecified atom stereocenters. The van der Waals surface area contributed by atoms with Gasteiger partial charge in [0, 0.05) is 33.8 Å². The van der Waals surface area contributed by atoms with Gasteiger partial charge in [-0.15, -0.1) is 21.2 Å². The first-order valence-electron chi connectivity index (χ1n) is 13.8. The molecule has 0 aliphatic carbocycles. The van der Waals surface area contributed by atoms with Gasteiger partial charge in [0.15, 0.2) is 16.6 Å². The molecule has 0 aliphatic rings. The van der Waals surface area contributed by atoms with Crippen molar-refractivity contribution in [2.45, 2.75) is 30.1 Å². The summed E-state index contributed by atoms with van der Waals surface area (Å²) in [5, 5.41) is 11.0. The summed E-state index contributed by atoms with van der Waals surface area (Å²) in [5.74, 6) is -0.759. The largest absolute Gasteiger partial charge is 0.368 e. The Kier molecular flexibility index (Phi) is 10.4. The lowest BCUT2D eigenvalue weighted by molar-refractivity contribution is -0.118. The number of carbonyl (C=O) groups excluding carboxylic acids is 2. The van der Waals surface area contributed by atoms with Crippen molar-refractivity contribution in [1.82, 2.24) is 24.9 Å². The molecule has 0 spiro atoms. The molecule has 0 radical (unpaired) electrons. The average Bonchev–Trinajstić information content (AvgIpc) is 3.69. The van der Waals surface area contributed by atoms with Gasteiger partial charge in [0.05, 0.1) is 23.3 Å². The number of halogens is 2. The fraction of sp³-hybridized carbons (Fsp3) is 0.167. The highest BCUT2D eigenvalue weighted by atomic mass is 35.5. The smallest absolute Gasteiger partial charge is 0.283 e. The predicted octanol–water partition coefficient (Wildman–Crippen LogP) is 5.72. The molecule has 5 aromatic rings. The molecule has 2 aromatic heterocycles. The van der Waals surface area contributed by atoms with Crippen LogP contribution < -0.4 is 15.2 Å². The Morgan fingerprint density at radius 3 is 2.49 bits per heavy atom. The van der Waals surface area contributed by atoms with E-state index < -0.39 is 21.8 Å². The Morgan fingerprint density at radius 1 is 1.02 bits per heavy atom. The monoisotopic (exact) mass is 730 g/mol. The van der Waals surface area contributed by atoms with E-state index in [-0.39, 0.29) is 28.7 Å². The van der Waals surface area contributed by atoms with E-state index in [0.717, 1.165) is 32.4 Å². The molecule has 47 heavy (non-hydrogen) atoms. The van der Waals surface area contributed by atoms with Crippen LogP contribution in [0.15, 0.2) is 76.0 Å². The zero-order valence-corrected chi connectivity index (χ0v) is 29.2. The average molecular weight is 732 g/mol. The van der Waals surface area contributed by atoms with Crippen LogP contribution in [0.1, 0.15) is 32.1 Å². The third kappa shape index (κ3) is 8.23. The quantitative estimate of drug-likeness (QED) is 0.136. The Morgan fingerprint density at radius 2 is 1.77 bits per heavy atom. The number of nitrogens with zero attached hydrogens (tertiary/aromatic N) is 5. The number of nitrogens with one attached hydrogen (secondary N) is 2. The Labute approximate surface area is 289 Å². The number of para-hydroxylation sites is 1. The molecule has 2 amide bonds. The first-order chi connectivity index (χ1) is 22.3. The SMILES string of the molecule is Cc1cc(S(=O)(=O)Nc2csc(C(=O)N(C)CC(N)=O)n2)c(Cc2cc(SNc3cnn(-c4ccccc4)n3)c(C)cc2Cl)cc1Cl. The number of rotatable bonds is 12. The summed E-state index contributed by atoms with van der Waals surface area (Å²) in [6.07, 6.45) is 1.76. The maximum atomic E-state index is 13.7. The van der Waals surface area contributed by atoms with Gasteiger partial charge in [-0.3, -0.25) is 14.3 Å². The van der Waals surface area contributed by atoms with Crippen molar-refractivity contribution in [2.75, 3.05) is 23.0 Å². The van der Waals surface area contributed by atoms with Crippen LogP contribution in [0.5, 0.6) is 0 Å². The van der Waals surface area contributed by atoms with E-state index in [9.17, 15) is 18.0 Å². The number of aromatic nitrogens is 4. The number of amides is 2. The van der Waals surface area contributed by atoms with E-state index in [0.29, 0.717) is 32.6 Å². The van der Waals surface area contributed by atoms with E-state index in [4.69, 9.17) is 28.9 Å². The van der Waals surface area contributed by atoms with Crippen molar-refractivity contribution >= 4 is 80.0 Å². The lowest BCUT2D eigenvalue weighted by Crippen LogP contribution is -2.35. The van der Waals surface area contributed by atoms with E-state index in [1.54, 1.807) is 19.2 Å². The zero-order valence-electron chi connectivity index (χ0n) is 25.2. The molecular formula is C30H28Cl2N8O4S3. The van der Waals surface area contributed by atoms with E-state index >= 15 is 0 Å². The molecule has 17 heteroatoms. The standard InChI is InChI=1S/C30H28Cl2N8O4S3/c1-17-10-25(47(43,44)38-28-16-45-29(35-28)30(42)39(3)15-26(33)41)20(12-22(17)31)11-19-13-24(18(2)9-23(19)32)46-37-27-14-34-40(36-27)21-7-5-4-6-8-21/h4-10,12-14,16,38H,11,15H2,1-3H3,(H2,33,41)(H,36,37). The molecule has 3 aromatic carbocycles. The van der Waals surface area contributed by atoms with Crippen molar-refractivity contribution in [3.8, 4) is 5.69 Å². The number of nitrogens with two attached hydrogens (primary N) is 1. The summed E-state index contributed by atoms with van der Waals surface area (Å²) >= 11 is 15.4. The van der Waals surface area contributed by atoms with Crippen LogP contribution in [0.3, 0.4) is 0 Å². The zero-order chi connectivity index (χ0) is 33.9. The number of sulfonamides is 1. The normalized spacial score (nSPS) is 11.3. The number of aryl methyl sites for hydroxylation is 2. The lowest BCUT2D eigenvalue weighted by Gasteiger charge is -2.16. The van der Waals surface area contributed by atoms with Gasteiger partial charge in [-0.25, -0.2) is 13.4 Å². The van der Waals surface area contributed by atoms with Crippen molar-refractivity contribution < 1.29 is 18.0 Å². The summed E-state index contributed by atoms with van der Waals surface area (Å²) in [6, 6.07) is 16.3. The van der Waals surface area contributed by atoms with E-state index in [2.05, 4.69) is 24.6 Å². The first-order valence-corrected chi connectivity index (χ1v) is 17.7. The summed E-state index contributed by atoms with van der Waals surface area (Å²) in [4.78, 5) is 31.3. The molecule has 244 valence electrons. The second-order valence-corrected chi connectivity index (χ2v) is 14.6. The highest BCUT2D eigenvalue weighted by Gasteiger charge is 2.24. The van der Waals surface area contributed by atoms with Gasteiger partial charge >= 0.3 is 0 Å². The summed E-state index contributed by atoms with van der Waals surface area (Å²) in [6.45, 7) is 3.31. The van der Waals surface area contributed by atoms with Gasteiger partial charge in [0.1, 0.15) is 0 Å². The topological polar surface area (TPSA) is 165 Å². The third-order valence-electron chi connectivity index (χ3n) is 6.77. The van der Waals surface area contributed by atoms with Gasteiger partial charge in [-0.1, -0.05) is 41.4 Å². The maximum Gasteiger partial charge on any atom is 0.283 e. The fourth-order valence-corrected chi connectivity index (χ4v) is 7.73. The summed E-state index contributed by atoms with van der Waals surface area (Å²) in [7, 11) is -2.80. The number of thiazole rings is 1. The minimum absolute atomic E-state index is 0.00773. The molecule has 2 heterocycles. The van der Waals surface area contributed by atoms with E-state index in [1.165, 1.54) is 35.2 Å². The van der Waals surface area contributed by atoms with Gasteiger partial charge in [-0.2, -0.15) is 5.10 Å². The third-order valence-corrected chi connectivity index (χ3v) is 10.8. The van der Waals surface area contributed by atoms with Crippen molar-refractivity contribution in [1.29, 1.82) is 0 Å². The van der Waals surface area contributed by atoms with Crippen LogP contribution in [-0.2, 0) is 21.2 Å². The van der Waals surface area contributed by atoms with Crippen LogP contribution in [0.2, 0.25) is 10.0 Å². The van der Waals surface area contributed by atoms with Crippen LogP contribution in [0.25, 0.3) is 5.69 Å². The molecule has 0 fully saturated rings. The van der Waals surface area contributed by atoms with Gasteiger partial charge < -0.3 is 15.4 Å². The number of anilines is 2. The summed E-state index contributed by atoms with van der Waals surface area (Å²) < 4.78 is 33.1. The van der Waals surface area contributed by atoms with E-state index in [1.807, 2.05) is 49.4 Å². The number of primary amides is 1. The fourth-order valence-electron chi connectivity index (χ4n) is 4.41. The number of hydrogen-bond acceptors (Lipinski definition) is 10. The highest BCUT2D eigenvalue weighted by Crippen LogP contribution is 2.34. The molecule has 5 rings (SSSR count). The Hall–Kier alpha value is -4.15. The van der Waals surface area contributed by atoms with Crippen LogP contribution in [-0.4, -0.2) is 58.7 Å². The second kappa shape index (κ2) is 14.3. The number of benzene rings is 3. The van der Waals surface area contributed by atoms with Crippen LogP contribution >= 0.6 is 46.5 Å². The molecule has 4 N–H and O–H groups in total. The predicted molar refractivity (Wildman–Crippen MR) is 185 cm³/mol. The van der Waals surface area contributed by atoms with Crippen molar-refractivity contribution in [2.24, 2.45) is 5.73 Å². The number of likely N-dealkylation sites (N-methyl/N-ethyl adjacent to an activating group) is 1. The van der Waals surface area contributed by atoms with Crippen LogP contribution in [0, 0.1) is 13.8 Å². The van der Waals surface area contributed by atoms with Gasteiger partial charge in [0.25, 0.3) is 15.9 Å². The van der Waals surface area contributed by atoms with Gasteiger partial charge in [0.2, 0.25) is 5.91 Å². The molecule has 0 atom stereocenters. The summed E-state index contributed by atoms with van der Waals surface area (Å²) in [5.41, 5.74) is 8.52. The van der Waals surface area contributed by atoms with Crippen molar-refractivity contribution in [3.63, 3.8) is 0 Å². The maximum absolute atomic E-state index is 13.7. The first kappa shape index (κ1) is 34.2. The molecule has 12 nitrogen and oxygen atoms in total. The Balaban J connectivity index is 1.37. The second-order valence-electron chi connectivity index (χ2n) is 10.4. The molecule has 0 saturated carbocycles. The van der Waals surface area contributed by atoms with Crippen molar-refractivity contribution in [3.05, 3.63) is 103 Å². The molecular weight excluding hydrogens is 703 g/mol. The highest BCUT2D eigenvalue weighted by molar-refractivity contribution is 8.00.